The Morgan fingerprint density at radius 1 is 1.20 bits per heavy atom. The Bertz CT molecular complexity index is 825. The third kappa shape index (κ3) is 4.26. The molecule has 2 aromatic heterocycles. The van der Waals surface area contributed by atoms with Crippen molar-refractivity contribution in [2.24, 2.45) is 0 Å². The summed E-state index contributed by atoms with van der Waals surface area (Å²) in [6.45, 7) is 3.58. The van der Waals surface area contributed by atoms with Gasteiger partial charge in [0.15, 0.2) is 12.4 Å². The van der Waals surface area contributed by atoms with Crippen molar-refractivity contribution in [3.05, 3.63) is 66.2 Å². The van der Waals surface area contributed by atoms with Crippen molar-refractivity contribution in [3.63, 3.8) is 0 Å². The number of amides is 1. The van der Waals surface area contributed by atoms with Gasteiger partial charge in [0, 0.05) is 38.1 Å². The quantitative estimate of drug-likeness (QED) is 0.663. The minimum Gasteiger partial charge on any atom is -0.471 e. The van der Waals surface area contributed by atoms with Gasteiger partial charge in [-0.1, -0.05) is 18.2 Å². The summed E-state index contributed by atoms with van der Waals surface area (Å²) in [7, 11) is 1.76. The lowest BCUT2D eigenvalue weighted by Gasteiger charge is -2.14. The zero-order valence-corrected chi connectivity index (χ0v) is 14.4. The molecule has 1 amide bonds. The first-order valence-corrected chi connectivity index (χ1v) is 8.14. The maximum absolute atomic E-state index is 12.5. The first-order valence-electron chi connectivity index (χ1n) is 8.14. The van der Waals surface area contributed by atoms with E-state index in [1.807, 2.05) is 48.1 Å². The minimum atomic E-state index is -0.136. The van der Waals surface area contributed by atoms with E-state index >= 15 is 0 Å². The molecule has 130 valence electrons. The molecule has 0 aliphatic heterocycles. The van der Waals surface area contributed by atoms with Gasteiger partial charge in [-0.15, -0.1) is 0 Å². The highest BCUT2D eigenvalue weighted by atomic mass is 16.5. The maximum atomic E-state index is 12.5. The van der Waals surface area contributed by atoms with Crippen molar-refractivity contribution < 1.29 is 9.53 Å². The third-order valence-corrected chi connectivity index (χ3v) is 3.74. The number of hydrogen-bond donors (Lipinski definition) is 0. The van der Waals surface area contributed by atoms with E-state index in [0.717, 1.165) is 17.9 Å². The summed E-state index contributed by atoms with van der Waals surface area (Å²) < 4.78 is 9.06. The number of benzene rings is 1. The molecule has 0 bridgehead atoms. The predicted octanol–water partition coefficient (Wildman–Crippen LogP) is 2.41. The summed E-state index contributed by atoms with van der Waals surface area (Å²) in [6.07, 6.45) is 5.45. The number of aryl methyl sites for hydroxylation is 1. The largest absolute Gasteiger partial charge is 0.471 e. The number of aromatic nitrogens is 4. The van der Waals surface area contributed by atoms with E-state index < -0.39 is 0 Å². The molecule has 0 atom stereocenters. The summed E-state index contributed by atoms with van der Waals surface area (Å²) in [5, 5.41) is 8.51. The Labute approximate surface area is 146 Å². The van der Waals surface area contributed by atoms with Crippen molar-refractivity contribution >= 4 is 5.91 Å². The molecule has 0 spiro atoms. The average molecular weight is 339 g/mol. The Morgan fingerprint density at radius 2 is 2.00 bits per heavy atom. The second kappa shape index (κ2) is 7.65. The molecule has 3 aromatic rings. The summed E-state index contributed by atoms with van der Waals surface area (Å²) in [5.74, 6) is 0.624. The van der Waals surface area contributed by atoms with Gasteiger partial charge in [0.2, 0.25) is 0 Å². The number of hydrogen-bond acceptors (Lipinski definition) is 4. The molecular formula is C18H21N5O2. The fourth-order valence-corrected chi connectivity index (χ4v) is 2.41. The molecule has 0 fully saturated rings. The molecule has 0 aliphatic carbocycles. The fourth-order valence-electron chi connectivity index (χ4n) is 2.41. The van der Waals surface area contributed by atoms with Gasteiger partial charge in [0.25, 0.3) is 5.91 Å². The van der Waals surface area contributed by atoms with Crippen LogP contribution in [0.3, 0.4) is 0 Å². The number of ether oxygens (including phenoxy) is 1. The molecule has 0 saturated carbocycles. The molecule has 0 unspecified atom stereocenters. The van der Waals surface area contributed by atoms with E-state index in [0.29, 0.717) is 12.2 Å². The lowest BCUT2D eigenvalue weighted by atomic mass is 10.3. The second-order valence-electron chi connectivity index (χ2n) is 5.69. The number of rotatable bonds is 7. The van der Waals surface area contributed by atoms with Crippen LogP contribution in [-0.2, 0) is 19.8 Å². The highest BCUT2D eigenvalue weighted by molar-refractivity contribution is 5.91. The first-order chi connectivity index (χ1) is 12.2. The van der Waals surface area contributed by atoms with Crippen LogP contribution in [0.25, 0.3) is 0 Å². The Kier molecular flexibility index (Phi) is 5.13. The molecule has 1 aromatic carbocycles. The number of para-hydroxylation sites is 1. The van der Waals surface area contributed by atoms with Crippen LogP contribution in [0.15, 0.2) is 55.0 Å². The van der Waals surface area contributed by atoms with E-state index in [4.69, 9.17) is 4.74 Å². The van der Waals surface area contributed by atoms with E-state index in [9.17, 15) is 4.79 Å². The highest BCUT2D eigenvalue weighted by Gasteiger charge is 2.15. The van der Waals surface area contributed by atoms with Crippen LogP contribution in [0.1, 0.15) is 23.0 Å². The van der Waals surface area contributed by atoms with E-state index in [1.165, 1.54) is 0 Å². The third-order valence-electron chi connectivity index (χ3n) is 3.74. The van der Waals surface area contributed by atoms with Crippen molar-refractivity contribution in [3.8, 4) is 5.75 Å². The van der Waals surface area contributed by atoms with Crippen LogP contribution >= 0.6 is 0 Å². The van der Waals surface area contributed by atoms with Crippen molar-refractivity contribution in [1.29, 1.82) is 0 Å². The molecule has 0 aliphatic rings. The standard InChI is InChI=1S/C18H21N5O2/c1-3-22-13-15(11-19-22)12-21(2)18(24)17-9-10-23(20-17)14-25-16-7-5-4-6-8-16/h4-11,13H,3,12,14H2,1-2H3. The van der Waals surface area contributed by atoms with E-state index in [1.54, 1.807) is 35.1 Å². The van der Waals surface area contributed by atoms with Gasteiger partial charge in [-0.2, -0.15) is 10.2 Å². The topological polar surface area (TPSA) is 65.2 Å². The van der Waals surface area contributed by atoms with Gasteiger partial charge >= 0.3 is 0 Å². The molecule has 7 heteroatoms. The van der Waals surface area contributed by atoms with Crippen LogP contribution in [0, 0.1) is 0 Å². The Hall–Kier alpha value is -3.09. The minimum absolute atomic E-state index is 0.136. The first kappa shape index (κ1) is 16.8. The summed E-state index contributed by atoms with van der Waals surface area (Å²) in [5.41, 5.74) is 1.38. The predicted molar refractivity (Wildman–Crippen MR) is 93.0 cm³/mol. The summed E-state index contributed by atoms with van der Waals surface area (Å²) >= 11 is 0. The van der Waals surface area contributed by atoms with Crippen LogP contribution in [0.2, 0.25) is 0 Å². The highest BCUT2D eigenvalue weighted by Crippen LogP contribution is 2.10. The normalized spacial score (nSPS) is 10.6. The molecule has 3 rings (SSSR count). The molecule has 25 heavy (non-hydrogen) atoms. The molecule has 2 heterocycles. The van der Waals surface area contributed by atoms with Crippen LogP contribution in [0.5, 0.6) is 5.75 Å². The van der Waals surface area contributed by atoms with Crippen LogP contribution in [0.4, 0.5) is 0 Å². The Morgan fingerprint density at radius 3 is 2.72 bits per heavy atom. The zero-order chi connectivity index (χ0) is 17.6. The molecule has 7 nitrogen and oxygen atoms in total. The van der Waals surface area contributed by atoms with Gasteiger partial charge in [0.05, 0.1) is 6.20 Å². The van der Waals surface area contributed by atoms with Gasteiger partial charge in [-0.05, 0) is 25.1 Å². The second-order valence-corrected chi connectivity index (χ2v) is 5.69. The van der Waals surface area contributed by atoms with Gasteiger partial charge in [-0.25, -0.2) is 4.68 Å². The lowest BCUT2D eigenvalue weighted by molar-refractivity contribution is 0.0777. The fraction of sp³-hybridized carbons (Fsp3) is 0.278. The maximum Gasteiger partial charge on any atom is 0.274 e. The number of carbonyl (C=O) groups is 1. The monoisotopic (exact) mass is 339 g/mol. The lowest BCUT2D eigenvalue weighted by Crippen LogP contribution is -2.26. The Balaban J connectivity index is 1.57. The summed E-state index contributed by atoms with van der Waals surface area (Å²) in [6, 6.07) is 11.2. The number of carbonyl (C=O) groups excluding carboxylic acids is 1. The number of nitrogens with zero attached hydrogens (tertiary/aromatic N) is 5. The van der Waals surface area contributed by atoms with Crippen molar-refractivity contribution in [2.75, 3.05) is 7.05 Å². The van der Waals surface area contributed by atoms with Crippen molar-refractivity contribution in [2.45, 2.75) is 26.7 Å². The summed E-state index contributed by atoms with van der Waals surface area (Å²) in [4.78, 5) is 14.1. The van der Waals surface area contributed by atoms with Crippen LogP contribution < -0.4 is 4.74 Å². The molecule has 0 radical (unpaired) electrons. The smallest absolute Gasteiger partial charge is 0.274 e. The zero-order valence-electron chi connectivity index (χ0n) is 14.4. The van der Waals surface area contributed by atoms with E-state index in [2.05, 4.69) is 10.2 Å². The van der Waals surface area contributed by atoms with Gasteiger partial charge in [-0.3, -0.25) is 9.48 Å². The van der Waals surface area contributed by atoms with Crippen LogP contribution in [-0.4, -0.2) is 37.4 Å². The SMILES string of the molecule is CCn1cc(CN(C)C(=O)c2ccn(COc3ccccc3)n2)cn1. The molecular weight excluding hydrogens is 318 g/mol. The van der Waals surface area contributed by atoms with Gasteiger partial charge < -0.3 is 9.64 Å². The molecule has 0 N–H and O–H groups in total. The van der Waals surface area contributed by atoms with E-state index in [-0.39, 0.29) is 12.6 Å². The molecule has 0 saturated heterocycles. The average Bonchev–Trinajstić information content (AvgIpc) is 3.29. The van der Waals surface area contributed by atoms with Crippen molar-refractivity contribution in [1.82, 2.24) is 24.5 Å². The van der Waals surface area contributed by atoms with Gasteiger partial charge in [0.1, 0.15) is 5.75 Å².